The number of nitrogens with one attached hydrogen (secondary N) is 8. The van der Waals surface area contributed by atoms with Gasteiger partial charge in [0.05, 0.1) is 51.1 Å². The molecule has 86 heavy (non-hydrogen) atoms. The molecule has 0 heterocycles. The van der Waals surface area contributed by atoms with Crippen molar-refractivity contribution in [3.8, 4) is 0 Å². The molecule has 3 atom stereocenters. The number of rotatable bonds is 50. The molecule has 8 amide bonds. The predicted octanol–water partition coefficient (Wildman–Crippen LogP) is -0.121. The third-order valence-corrected chi connectivity index (χ3v) is 14.6. The van der Waals surface area contributed by atoms with Crippen LogP contribution in [-0.2, 0) is 82.2 Å². The summed E-state index contributed by atoms with van der Waals surface area (Å²) in [6.07, 6.45) is 3.07. The van der Waals surface area contributed by atoms with Gasteiger partial charge in [-0.05, 0) is 92.9 Å². The summed E-state index contributed by atoms with van der Waals surface area (Å²) in [6.45, 7) is 10.4. The van der Waals surface area contributed by atoms with Crippen LogP contribution in [0.2, 0.25) is 0 Å². The summed E-state index contributed by atoms with van der Waals surface area (Å²) in [5.41, 5.74) is 5.17. The molecule has 488 valence electrons. The third-order valence-electron chi connectivity index (χ3n) is 12.1. The maximum atomic E-state index is 12.6. The number of nitrogens with two attached hydrogens (primary N) is 1. The molecule has 1 rings (SSSR count). The molecule has 0 aliphatic carbocycles. The lowest BCUT2D eigenvalue weighted by molar-refractivity contribution is -0.144. The minimum atomic E-state index is -4.27. The zero-order valence-corrected chi connectivity index (χ0v) is 51.1. The smallest absolute Gasteiger partial charge is 0.326 e. The fraction of sp³-hybridized carbons (Fsp3) is 0.667. The summed E-state index contributed by atoms with van der Waals surface area (Å²) in [6, 6.07) is 3.11. The van der Waals surface area contributed by atoms with Crippen molar-refractivity contribution in [2.45, 2.75) is 129 Å². The monoisotopic (exact) mass is 1260 g/mol. The number of carboxylic acids is 2. The maximum absolute atomic E-state index is 12.6. The summed E-state index contributed by atoms with van der Waals surface area (Å²) in [5, 5.41) is 37.3. The minimum Gasteiger partial charge on any atom is -0.480 e. The number of hydrogen-bond acceptors (Lipinski definition) is 19. The van der Waals surface area contributed by atoms with Crippen molar-refractivity contribution in [3.05, 3.63) is 42.5 Å². The molecular weight excluding hydrogens is 1170 g/mol. The van der Waals surface area contributed by atoms with Crippen LogP contribution in [0.1, 0.15) is 122 Å². The van der Waals surface area contributed by atoms with Gasteiger partial charge in [0.25, 0.3) is 16.0 Å². The Labute approximate surface area is 502 Å². The van der Waals surface area contributed by atoms with E-state index in [9.17, 15) is 79.5 Å². The first-order chi connectivity index (χ1) is 40.3. The van der Waals surface area contributed by atoms with Gasteiger partial charge in [0.15, 0.2) is 0 Å². The number of unbranched alkanes of at least 4 members (excludes halogenated alkanes) is 2. The molecule has 13 N–H and O–H groups in total. The van der Waals surface area contributed by atoms with Crippen molar-refractivity contribution < 1.29 is 98.5 Å². The average molecular weight is 1260 g/mol. The summed E-state index contributed by atoms with van der Waals surface area (Å²) in [5.74, 6) is -9.09. The van der Waals surface area contributed by atoms with Crippen molar-refractivity contribution >= 4 is 85.0 Å². The molecule has 0 aliphatic rings. The van der Waals surface area contributed by atoms with Gasteiger partial charge >= 0.3 is 11.9 Å². The third kappa shape index (κ3) is 39.7. The first-order valence-corrected chi connectivity index (χ1v) is 31.3. The van der Waals surface area contributed by atoms with Gasteiger partial charge in [-0.2, -0.15) is 8.42 Å². The Bertz CT molecular complexity index is 2590. The number of hydrogen-bond donors (Lipinski definition) is 12. The Morgan fingerprint density at radius 2 is 1.09 bits per heavy atom. The highest BCUT2D eigenvalue weighted by Crippen LogP contribution is 2.37. The van der Waals surface area contributed by atoms with E-state index in [2.05, 4.69) is 43.8 Å². The van der Waals surface area contributed by atoms with Gasteiger partial charge in [-0.3, -0.25) is 47.6 Å². The molecule has 0 aliphatic heterocycles. The van der Waals surface area contributed by atoms with E-state index in [-0.39, 0.29) is 110 Å². The highest BCUT2D eigenvalue weighted by atomic mass is 32.2. The highest BCUT2D eigenvalue weighted by Gasteiger charge is 2.35. The lowest BCUT2D eigenvalue weighted by Gasteiger charge is -2.33. The van der Waals surface area contributed by atoms with Crippen LogP contribution in [0.4, 0.5) is 5.69 Å². The van der Waals surface area contributed by atoms with Crippen molar-refractivity contribution in [2.24, 2.45) is 16.6 Å². The average Bonchev–Trinajstić information content (AvgIpc) is 3.59. The first-order valence-electron chi connectivity index (χ1n) is 28.0. The van der Waals surface area contributed by atoms with Gasteiger partial charge < -0.3 is 72.1 Å². The van der Waals surface area contributed by atoms with Crippen molar-refractivity contribution in [1.82, 2.24) is 36.6 Å². The van der Waals surface area contributed by atoms with Crippen LogP contribution in [0.5, 0.6) is 0 Å². The molecule has 0 spiro atoms. The molecule has 3 unspecified atom stereocenters. The second kappa shape index (κ2) is 41.3. The van der Waals surface area contributed by atoms with Crippen LogP contribution in [0.25, 0.3) is 0 Å². The van der Waals surface area contributed by atoms with E-state index in [0.717, 1.165) is 25.1 Å². The topological polar surface area (TPSA) is 459 Å². The maximum Gasteiger partial charge on any atom is 0.326 e. The van der Waals surface area contributed by atoms with Crippen molar-refractivity contribution in [2.75, 3.05) is 95.9 Å². The Hall–Kier alpha value is -6.84. The lowest BCUT2D eigenvalue weighted by atomic mass is 9.74. The van der Waals surface area contributed by atoms with E-state index in [1.807, 2.05) is 22.9 Å². The SMILES string of the molecule is C=CCCCNc1ccc(C(=O)NCCCCC(NC(=O)COCCOCCNC(=O)CCC(NC(=O)CCC(NC(=O)COCCOCCNC(=O)CCCS(=O)(=O)NC(=O)CC(C)(C)CC(C)(C)CS(=O)(=O)O)C(=O)O)C(=O)O)C(N)=O)cc1. The van der Waals surface area contributed by atoms with Gasteiger partial charge in [-0.1, -0.05) is 33.8 Å². The Balaban J connectivity index is 2.22. The highest BCUT2D eigenvalue weighted by molar-refractivity contribution is 7.90. The standard InChI is InChI=1S/C54H89N9O21S2/c1-6-7-9-22-56-39-16-14-38(15-17-39)50(71)59-23-10-8-12-40(49(55)70)60-47(68)34-83-30-28-82-27-25-58-44(65)20-18-41(51(72)73)61-45(66)21-19-42(52(74)75)62-48(69)35-84-31-29-81-26-24-57-43(64)13-11-32-85(76,77)63-46(67)33-53(2,3)36-54(4,5)37-86(78,79)80/h6,14-17,40-42,56H,1,7-13,18-37H2,2-5H3,(H2,55,70)(H,57,64)(H,58,65)(H,59,71)(H,60,68)(H,61,66)(H,62,69)(H,63,67)(H,72,73)(H,74,75)(H,78,79,80). The van der Waals surface area contributed by atoms with Gasteiger partial charge in [0.2, 0.25) is 51.4 Å². The number of sulfonamides is 1. The van der Waals surface area contributed by atoms with E-state index in [0.29, 0.717) is 24.9 Å². The number of carbonyl (C=O) groups excluding carboxylic acids is 8. The predicted molar refractivity (Wildman–Crippen MR) is 313 cm³/mol. The van der Waals surface area contributed by atoms with E-state index < -0.39 is 133 Å². The molecular formula is C54H89N9O21S2. The molecule has 0 saturated carbocycles. The van der Waals surface area contributed by atoms with Gasteiger partial charge in [-0.15, -0.1) is 6.58 Å². The van der Waals surface area contributed by atoms with Crippen LogP contribution in [0, 0.1) is 10.8 Å². The zero-order chi connectivity index (χ0) is 64.8. The van der Waals surface area contributed by atoms with Gasteiger partial charge in [-0.25, -0.2) is 18.0 Å². The second-order valence-electron chi connectivity index (χ2n) is 21.6. The molecule has 0 bridgehead atoms. The van der Waals surface area contributed by atoms with Crippen LogP contribution in [0.15, 0.2) is 36.9 Å². The van der Waals surface area contributed by atoms with E-state index >= 15 is 0 Å². The number of carboxylic acid groups (broad SMARTS) is 2. The summed E-state index contributed by atoms with van der Waals surface area (Å²) < 4.78 is 79.8. The molecule has 0 fully saturated rings. The Morgan fingerprint density at radius 1 is 0.581 bits per heavy atom. The minimum absolute atomic E-state index is 0.00850. The van der Waals surface area contributed by atoms with Crippen molar-refractivity contribution in [1.29, 1.82) is 0 Å². The summed E-state index contributed by atoms with van der Waals surface area (Å²) in [4.78, 5) is 122. The van der Waals surface area contributed by atoms with E-state index in [1.54, 1.807) is 39.8 Å². The number of amides is 8. The molecule has 32 heteroatoms. The van der Waals surface area contributed by atoms with Crippen LogP contribution < -0.4 is 47.7 Å². The summed E-state index contributed by atoms with van der Waals surface area (Å²) >= 11 is 0. The zero-order valence-electron chi connectivity index (χ0n) is 49.5. The molecule has 0 saturated heterocycles. The molecule has 1 aromatic rings. The van der Waals surface area contributed by atoms with Crippen molar-refractivity contribution in [3.63, 3.8) is 0 Å². The second-order valence-corrected chi connectivity index (χ2v) is 24.9. The fourth-order valence-corrected chi connectivity index (χ4v) is 10.7. The van der Waals surface area contributed by atoms with Crippen LogP contribution >= 0.6 is 0 Å². The number of allylic oxidation sites excluding steroid dienone is 1. The first kappa shape index (κ1) is 77.2. The summed E-state index contributed by atoms with van der Waals surface area (Å²) in [7, 11) is -8.36. The quantitative estimate of drug-likeness (QED) is 0.0230. The number of primary amides is 1. The fourth-order valence-electron chi connectivity index (χ4n) is 8.58. The van der Waals surface area contributed by atoms with Gasteiger partial charge in [0, 0.05) is 63.1 Å². The van der Waals surface area contributed by atoms with E-state index in [4.69, 9.17) is 24.7 Å². The van der Waals surface area contributed by atoms with Crippen LogP contribution in [-0.4, -0.2) is 199 Å². The lowest BCUT2D eigenvalue weighted by Crippen LogP contribution is -2.45. The molecule has 30 nitrogen and oxygen atoms in total. The number of carbonyl (C=O) groups is 10. The largest absolute Gasteiger partial charge is 0.480 e. The molecule has 0 radical (unpaired) electrons. The number of benzene rings is 1. The van der Waals surface area contributed by atoms with Crippen LogP contribution in [0.3, 0.4) is 0 Å². The Kier molecular flexibility index (Phi) is 37.1. The number of aliphatic carboxylic acids is 2. The molecule has 0 aromatic heterocycles. The van der Waals surface area contributed by atoms with E-state index in [1.165, 1.54) is 0 Å². The Morgan fingerprint density at radius 3 is 1.62 bits per heavy atom. The molecule has 1 aromatic carbocycles. The normalized spacial score (nSPS) is 12.8. The number of anilines is 1. The van der Waals surface area contributed by atoms with Gasteiger partial charge in [0.1, 0.15) is 31.3 Å². The number of ether oxygens (including phenoxy) is 4.